The van der Waals surface area contributed by atoms with Gasteiger partial charge < -0.3 is 14.4 Å². The fraction of sp³-hybridized carbons (Fsp3) is 0.462. The molecular formula is C13H17BrN2O5. The van der Waals surface area contributed by atoms with E-state index in [4.69, 9.17) is 4.74 Å². The van der Waals surface area contributed by atoms with E-state index >= 15 is 0 Å². The van der Waals surface area contributed by atoms with Gasteiger partial charge in [-0.2, -0.15) is 0 Å². The molecule has 1 rings (SSSR count). The van der Waals surface area contributed by atoms with Gasteiger partial charge in [-0.1, -0.05) is 15.9 Å². The van der Waals surface area contributed by atoms with Gasteiger partial charge in [-0.25, -0.2) is 0 Å². The van der Waals surface area contributed by atoms with Gasteiger partial charge in [0.1, 0.15) is 5.69 Å². The predicted octanol–water partition coefficient (Wildman–Crippen LogP) is 2.37. The lowest BCUT2D eigenvalue weighted by Crippen LogP contribution is -2.30. The van der Waals surface area contributed by atoms with Crippen molar-refractivity contribution in [1.82, 2.24) is 0 Å². The first-order chi connectivity index (χ1) is 9.99. The van der Waals surface area contributed by atoms with Crippen LogP contribution in [0.1, 0.15) is 6.42 Å². The summed E-state index contributed by atoms with van der Waals surface area (Å²) < 4.78 is 10.3. The molecule has 0 aliphatic carbocycles. The van der Waals surface area contributed by atoms with Crippen molar-refractivity contribution in [1.29, 1.82) is 0 Å². The number of benzene rings is 1. The molecule has 0 amide bonds. The molecular weight excluding hydrogens is 344 g/mol. The second-order valence-electron chi connectivity index (χ2n) is 4.20. The summed E-state index contributed by atoms with van der Waals surface area (Å²) >= 11 is 3.30. The van der Waals surface area contributed by atoms with E-state index in [0.29, 0.717) is 25.4 Å². The molecule has 0 unspecified atom stereocenters. The van der Waals surface area contributed by atoms with Gasteiger partial charge in [-0.3, -0.25) is 14.9 Å². The van der Waals surface area contributed by atoms with Crippen molar-refractivity contribution in [3.63, 3.8) is 0 Å². The number of rotatable bonds is 8. The molecule has 1 aromatic carbocycles. The van der Waals surface area contributed by atoms with Crippen molar-refractivity contribution in [2.24, 2.45) is 0 Å². The average Bonchev–Trinajstić information content (AvgIpc) is 2.46. The molecule has 0 radical (unpaired) electrons. The Bertz CT molecular complexity index is 509. The zero-order valence-corrected chi connectivity index (χ0v) is 13.5. The lowest BCUT2D eigenvalue weighted by atomic mass is 10.2. The summed E-state index contributed by atoms with van der Waals surface area (Å²) in [5.41, 5.74) is 0.425. The molecule has 0 bridgehead atoms. The van der Waals surface area contributed by atoms with Gasteiger partial charge in [-0.05, 0) is 12.1 Å². The van der Waals surface area contributed by atoms with E-state index in [0.717, 1.165) is 4.47 Å². The van der Waals surface area contributed by atoms with E-state index in [2.05, 4.69) is 20.7 Å². The summed E-state index contributed by atoms with van der Waals surface area (Å²) in [5.74, 6) is -0.366. The molecule has 0 N–H and O–H groups in total. The number of hydrogen-bond donors (Lipinski definition) is 0. The Morgan fingerprint density at radius 1 is 1.38 bits per heavy atom. The molecule has 8 heteroatoms. The monoisotopic (exact) mass is 360 g/mol. The minimum atomic E-state index is -0.445. The summed E-state index contributed by atoms with van der Waals surface area (Å²) in [5, 5.41) is 11.1. The molecule has 7 nitrogen and oxygen atoms in total. The highest BCUT2D eigenvalue weighted by Crippen LogP contribution is 2.31. The topological polar surface area (TPSA) is 81.9 Å². The third kappa shape index (κ3) is 5.31. The number of nitrogens with zero attached hydrogens (tertiary/aromatic N) is 2. The summed E-state index contributed by atoms with van der Waals surface area (Å²) in [6.07, 6.45) is 0.143. The Kier molecular flexibility index (Phi) is 7.10. The quantitative estimate of drug-likeness (QED) is 0.402. The van der Waals surface area contributed by atoms with Crippen LogP contribution in [0.4, 0.5) is 11.4 Å². The first-order valence-electron chi connectivity index (χ1n) is 6.24. The van der Waals surface area contributed by atoms with Crippen LogP contribution in [0.25, 0.3) is 0 Å². The summed E-state index contributed by atoms with van der Waals surface area (Å²) in [7, 11) is 2.86. The summed E-state index contributed by atoms with van der Waals surface area (Å²) in [6, 6.07) is 4.69. The molecule has 0 aliphatic rings. The molecule has 1 aromatic rings. The maximum atomic E-state index is 11.3. The number of hydrogen-bond acceptors (Lipinski definition) is 6. The van der Waals surface area contributed by atoms with Crippen molar-refractivity contribution >= 4 is 33.3 Å². The molecule has 21 heavy (non-hydrogen) atoms. The Hall–Kier alpha value is -1.67. The van der Waals surface area contributed by atoms with E-state index < -0.39 is 4.92 Å². The Morgan fingerprint density at radius 3 is 2.67 bits per heavy atom. The van der Waals surface area contributed by atoms with Crippen molar-refractivity contribution in [3.05, 3.63) is 32.8 Å². The Balaban J connectivity index is 3.03. The van der Waals surface area contributed by atoms with Crippen molar-refractivity contribution in [3.8, 4) is 0 Å². The fourth-order valence-corrected chi connectivity index (χ4v) is 2.14. The van der Waals surface area contributed by atoms with Crippen LogP contribution in [0.2, 0.25) is 0 Å². The third-order valence-electron chi connectivity index (χ3n) is 2.85. The van der Waals surface area contributed by atoms with Crippen LogP contribution in [0.5, 0.6) is 0 Å². The van der Waals surface area contributed by atoms with Crippen molar-refractivity contribution < 1.29 is 19.2 Å². The summed E-state index contributed by atoms with van der Waals surface area (Å²) in [6.45, 7) is 1.14. The van der Waals surface area contributed by atoms with Crippen molar-refractivity contribution in [2.45, 2.75) is 6.42 Å². The van der Waals surface area contributed by atoms with Gasteiger partial charge in [0, 0.05) is 30.7 Å². The SMILES string of the molecule is COCCN(CCC(=O)OC)c1cc(Br)ccc1[N+](=O)[O-]. The van der Waals surface area contributed by atoms with E-state index in [1.165, 1.54) is 13.2 Å². The fourth-order valence-electron chi connectivity index (χ4n) is 1.79. The number of methoxy groups -OCH3 is 2. The van der Waals surface area contributed by atoms with Crippen molar-refractivity contribution in [2.75, 3.05) is 38.8 Å². The van der Waals surface area contributed by atoms with Gasteiger partial charge in [0.15, 0.2) is 0 Å². The predicted molar refractivity (Wildman–Crippen MR) is 81.5 cm³/mol. The lowest BCUT2D eigenvalue weighted by molar-refractivity contribution is -0.384. The molecule has 0 fully saturated rings. The van der Waals surface area contributed by atoms with Crippen LogP contribution in [0.3, 0.4) is 0 Å². The first-order valence-corrected chi connectivity index (χ1v) is 7.03. The first kappa shape index (κ1) is 17.4. The van der Waals surface area contributed by atoms with E-state index in [9.17, 15) is 14.9 Å². The second kappa shape index (κ2) is 8.58. The second-order valence-corrected chi connectivity index (χ2v) is 5.11. The van der Waals surface area contributed by atoms with Gasteiger partial charge in [-0.15, -0.1) is 0 Å². The third-order valence-corrected chi connectivity index (χ3v) is 3.35. The average molecular weight is 361 g/mol. The molecule has 0 aliphatic heterocycles. The number of esters is 1. The Labute approximate surface area is 131 Å². The van der Waals surface area contributed by atoms with Crippen LogP contribution in [0.15, 0.2) is 22.7 Å². The standard InChI is InChI=1S/C13H17BrN2O5/c1-20-8-7-15(6-5-13(17)21-2)12-9-10(14)3-4-11(12)16(18)19/h3-4,9H,5-8H2,1-2H3. The van der Waals surface area contributed by atoms with Crippen LogP contribution in [-0.4, -0.2) is 44.8 Å². The molecule has 0 atom stereocenters. The van der Waals surface area contributed by atoms with Gasteiger partial charge in [0.25, 0.3) is 5.69 Å². The van der Waals surface area contributed by atoms with Crippen LogP contribution < -0.4 is 4.90 Å². The maximum Gasteiger partial charge on any atom is 0.307 e. The highest BCUT2D eigenvalue weighted by atomic mass is 79.9. The smallest absolute Gasteiger partial charge is 0.307 e. The van der Waals surface area contributed by atoms with E-state index in [1.54, 1.807) is 24.1 Å². The number of halogens is 1. The van der Waals surface area contributed by atoms with Crippen LogP contribution in [0, 0.1) is 10.1 Å². The number of nitro benzene ring substituents is 1. The molecule has 0 heterocycles. The van der Waals surface area contributed by atoms with Gasteiger partial charge in [0.2, 0.25) is 0 Å². The largest absolute Gasteiger partial charge is 0.469 e. The molecule has 0 saturated heterocycles. The molecule has 0 saturated carbocycles. The highest BCUT2D eigenvalue weighted by Gasteiger charge is 2.20. The highest BCUT2D eigenvalue weighted by molar-refractivity contribution is 9.10. The minimum absolute atomic E-state index is 0.0147. The number of carbonyl (C=O) groups excluding carboxylic acids is 1. The van der Waals surface area contributed by atoms with E-state index in [1.807, 2.05) is 0 Å². The van der Waals surface area contributed by atoms with Crippen LogP contribution >= 0.6 is 15.9 Å². The van der Waals surface area contributed by atoms with E-state index in [-0.39, 0.29) is 18.1 Å². The normalized spacial score (nSPS) is 10.2. The number of ether oxygens (including phenoxy) is 2. The zero-order chi connectivity index (χ0) is 15.8. The minimum Gasteiger partial charge on any atom is -0.469 e. The zero-order valence-electron chi connectivity index (χ0n) is 11.9. The number of anilines is 1. The molecule has 0 aromatic heterocycles. The van der Waals surface area contributed by atoms with Crippen LogP contribution in [-0.2, 0) is 14.3 Å². The van der Waals surface area contributed by atoms with Gasteiger partial charge >= 0.3 is 5.97 Å². The molecule has 116 valence electrons. The van der Waals surface area contributed by atoms with Gasteiger partial charge in [0.05, 0.1) is 25.1 Å². The molecule has 0 spiro atoms. The Morgan fingerprint density at radius 2 is 2.10 bits per heavy atom. The lowest BCUT2D eigenvalue weighted by Gasteiger charge is -2.24. The maximum absolute atomic E-state index is 11.3. The number of nitro groups is 1. The number of carbonyl (C=O) groups is 1. The summed E-state index contributed by atoms with van der Waals surface area (Å²) in [4.78, 5) is 23.7.